The molecule has 3 rings (SSSR count). The van der Waals surface area contributed by atoms with E-state index < -0.39 is 39.0 Å². The minimum Gasteiger partial charge on any atom is -0.388 e. The van der Waals surface area contributed by atoms with Crippen LogP contribution in [0.5, 0.6) is 0 Å². The summed E-state index contributed by atoms with van der Waals surface area (Å²) in [5.74, 6) is 0. The zero-order chi connectivity index (χ0) is 14.5. The molecule has 20 heavy (non-hydrogen) atoms. The molecule has 2 saturated heterocycles. The maximum Gasteiger partial charge on any atom is 0.186 e. The Morgan fingerprint density at radius 3 is 2.50 bits per heavy atom. The fourth-order valence-electron chi connectivity index (χ4n) is 3.14. The van der Waals surface area contributed by atoms with E-state index in [1.54, 1.807) is 44.2 Å². The molecule has 2 heterocycles. The van der Waals surface area contributed by atoms with Gasteiger partial charge >= 0.3 is 0 Å². The van der Waals surface area contributed by atoms with Gasteiger partial charge in [0.2, 0.25) is 0 Å². The first-order valence-electron chi connectivity index (χ1n) is 6.60. The third kappa shape index (κ3) is 1.98. The lowest BCUT2D eigenvalue weighted by Gasteiger charge is -2.28. The summed E-state index contributed by atoms with van der Waals surface area (Å²) in [5.41, 5.74) is -0.897. The molecular formula is C14H18O5S. The van der Waals surface area contributed by atoms with Gasteiger partial charge in [-0.05, 0) is 26.0 Å². The van der Waals surface area contributed by atoms with Gasteiger partial charge in [0.15, 0.2) is 9.84 Å². The summed E-state index contributed by atoms with van der Waals surface area (Å²) in [6.45, 7) is 3.57. The van der Waals surface area contributed by atoms with Gasteiger partial charge in [0.1, 0.15) is 23.6 Å². The fourth-order valence-corrected chi connectivity index (χ4v) is 5.36. The zero-order valence-corrected chi connectivity index (χ0v) is 12.2. The number of hydrogen-bond acceptors (Lipinski definition) is 5. The van der Waals surface area contributed by atoms with Gasteiger partial charge in [0.05, 0.1) is 17.1 Å². The molecule has 2 aliphatic heterocycles. The van der Waals surface area contributed by atoms with Gasteiger partial charge in [-0.2, -0.15) is 0 Å². The van der Waals surface area contributed by atoms with Crippen molar-refractivity contribution < 1.29 is 23.0 Å². The lowest BCUT2D eigenvalue weighted by molar-refractivity contribution is -0.0593. The third-order valence-corrected chi connectivity index (χ3v) is 6.43. The summed E-state index contributed by atoms with van der Waals surface area (Å²) in [4.78, 5) is 0.257. The molecule has 1 N–H and O–H groups in total. The molecule has 1 aromatic rings. The molecular weight excluding hydrogens is 280 g/mol. The number of sulfone groups is 1. The van der Waals surface area contributed by atoms with Crippen molar-refractivity contribution in [1.29, 1.82) is 0 Å². The first-order valence-corrected chi connectivity index (χ1v) is 8.15. The minimum absolute atomic E-state index is 0.117. The molecule has 0 amide bonds. The van der Waals surface area contributed by atoms with Crippen LogP contribution in [0.4, 0.5) is 0 Å². The number of aliphatic hydroxyl groups excluding tert-OH is 1. The largest absolute Gasteiger partial charge is 0.388 e. The Hall–Kier alpha value is -0.950. The van der Waals surface area contributed by atoms with Gasteiger partial charge in [-0.15, -0.1) is 0 Å². The topological polar surface area (TPSA) is 72.8 Å². The average molecular weight is 298 g/mol. The number of fused-ring (bicyclic) bond motifs is 1. The lowest BCUT2D eigenvalue weighted by atomic mass is 10.0. The number of hydrogen-bond donors (Lipinski definition) is 1. The van der Waals surface area contributed by atoms with Crippen molar-refractivity contribution in [1.82, 2.24) is 0 Å². The monoisotopic (exact) mass is 298 g/mol. The number of rotatable bonds is 2. The lowest BCUT2D eigenvalue weighted by Crippen LogP contribution is -2.44. The van der Waals surface area contributed by atoms with E-state index in [1.807, 2.05) is 0 Å². The molecule has 110 valence electrons. The van der Waals surface area contributed by atoms with E-state index in [4.69, 9.17) is 9.47 Å². The quantitative estimate of drug-likeness (QED) is 0.873. The van der Waals surface area contributed by atoms with Gasteiger partial charge in [-0.1, -0.05) is 18.2 Å². The van der Waals surface area contributed by atoms with Crippen molar-refractivity contribution in [2.75, 3.05) is 6.61 Å². The van der Waals surface area contributed by atoms with Gasteiger partial charge < -0.3 is 14.6 Å². The van der Waals surface area contributed by atoms with Crippen molar-refractivity contribution >= 4 is 9.84 Å². The number of aliphatic hydroxyl groups is 1. The zero-order valence-electron chi connectivity index (χ0n) is 11.4. The predicted octanol–water partition coefficient (Wildman–Crippen LogP) is 0.766. The summed E-state index contributed by atoms with van der Waals surface area (Å²) < 4.78 is 37.0. The van der Waals surface area contributed by atoms with Crippen molar-refractivity contribution in [3.63, 3.8) is 0 Å². The molecule has 0 spiro atoms. The van der Waals surface area contributed by atoms with E-state index in [-0.39, 0.29) is 11.5 Å². The van der Waals surface area contributed by atoms with Crippen LogP contribution in [0.3, 0.4) is 0 Å². The number of benzene rings is 1. The first-order chi connectivity index (χ1) is 9.34. The summed E-state index contributed by atoms with van der Waals surface area (Å²) >= 11 is 0. The Bertz CT molecular complexity index is 595. The second-order valence-corrected chi connectivity index (χ2v) is 7.90. The Morgan fingerprint density at radius 1 is 1.20 bits per heavy atom. The molecule has 0 bridgehead atoms. The number of ether oxygens (including phenoxy) is 2. The minimum atomic E-state index is -3.59. The van der Waals surface area contributed by atoms with Crippen LogP contribution in [0.2, 0.25) is 0 Å². The summed E-state index contributed by atoms with van der Waals surface area (Å²) in [7, 11) is -3.59. The molecule has 0 saturated carbocycles. The van der Waals surface area contributed by atoms with Crippen molar-refractivity contribution in [2.45, 2.75) is 47.9 Å². The standard InChI is InChI=1S/C14H18O5S/c1-14(2)13(12-11(19-14)10(15)8-18-12)20(16,17)9-6-4-3-5-7-9/h3-7,10-13,15H,8H2,1-2H3/t10-,11-,12-,13+/m0/s1. The second-order valence-electron chi connectivity index (χ2n) is 5.83. The van der Waals surface area contributed by atoms with Crippen LogP contribution in [-0.2, 0) is 19.3 Å². The molecule has 2 aliphatic rings. The highest BCUT2D eigenvalue weighted by atomic mass is 32.2. The van der Waals surface area contributed by atoms with Crippen LogP contribution in [0.15, 0.2) is 35.2 Å². The van der Waals surface area contributed by atoms with E-state index in [1.165, 1.54) is 0 Å². The predicted molar refractivity (Wildman–Crippen MR) is 72.1 cm³/mol. The maximum absolute atomic E-state index is 12.9. The molecule has 0 aromatic heterocycles. The fraction of sp³-hybridized carbons (Fsp3) is 0.571. The molecule has 0 radical (unpaired) electrons. The molecule has 5 nitrogen and oxygen atoms in total. The highest BCUT2D eigenvalue weighted by molar-refractivity contribution is 7.92. The second kappa shape index (κ2) is 4.53. The maximum atomic E-state index is 12.9. The van der Waals surface area contributed by atoms with Crippen LogP contribution in [0.25, 0.3) is 0 Å². The highest BCUT2D eigenvalue weighted by Gasteiger charge is 2.61. The molecule has 4 atom stereocenters. The van der Waals surface area contributed by atoms with Crippen LogP contribution in [-0.4, -0.2) is 49.3 Å². The Labute approximate surface area is 118 Å². The summed E-state index contributed by atoms with van der Waals surface area (Å²) in [6, 6.07) is 8.30. The Kier molecular flexibility index (Phi) is 3.17. The Morgan fingerprint density at radius 2 is 1.85 bits per heavy atom. The smallest absolute Gasteiger partial charge is 0.186 e. The van der Waals surface area contributed by atoms with Crippen LogP contribution in [0, 0.1) is 0 Å². The van der Waals surface area contributed by atoms with Gasteiger partial charge in [0, 0.05) is 0 Å². The Balaban J connectivity index is 2.04. The highest BCUT2D eigenvalue weighted by Crippen LogP contribution is 2.43. The third-order valence-electron chi connectivity index (χ3n) is 3.99. The summed E-state index contributed by atoms with van der Waals surface area (Å²) in [6.07, 6.45) is -1.96. The van der Waals surface area contributed by atoms with Gasteiger partial charge in [-0.25, -0.2) is 8.42 Å². The normalized spacial score (nSPS) is 36.0. The van der Waals surface area contributed by atoms with E-state index in [2.05, 4.69) is 0 Å². The van der Waals surface area contributed by atoms with Crippen molar-refractivity contribution in [3.8, 4) is 0 Å². The van der Waals surface area contributed by atoms with E-state index in [9.17, 15) is 13.5 Å². The molecule has 2 fully saturated rings. The van der Waals surface area contributed by atoms with Crippen molar-refractivity contribution in [3.05, 3.63) is 30.3 Å². The van der Waals surface area contributed by atoms with E-state index in [0.717, 1.165) is 0 Å². The first kappa shape index (κ1) is 14.0. The van der Waals surface area contributed by atoms with Gasteiger partial charge in [0.25, 0.3) is 0 Å². The summed E-state index contributed by atoms with van der Waals surface area (Å²) in [5, 5.41) is 9.02. The van der Waals surface area contributed by atoms with Crippen LogP contribution < -0.4 is 0 Å². The average Bonchev–Trinajstić information content (AvgIpc) is 2.86. The van der Waals surface area contributed by atoms with Crippen LogP contribution in [0.1, 0.15) is 13.8 Å². The van der Waals surface area contributed by atoms with Crippen LogP contribution >= 0.6 is 0 Å². The van der Waals surface area contributed by atoms with Crippen molar-refractivity contribution in [2.24, 2.45) is 0 Å². The molecule has 0 unspecified atom stereocenters. The SMILES string of the molecule is CC1(C)O[C@@H]2[C@H](OC[C@@H]2O)[C@H]1S(=O)(=O)c1ccccc1. The van der Waals surface area contributed by atoms with Gasteiger partial charge in [-0.3, -0.25) is 0 Å². The molecule has 1 aromatic carbocycles. The molecule has 0 aliphatic carbocycles. The van der Waals surface area contributed by atoms with E-state index in [0.29, 0.717) is 0 Å². The van der Waals surface area contributed by atoms with E-state index >= 15 is 0 Å². The molecule has 6 heteroatoms.